The van der Waals surface area contributed by atoms with Crippen molar-refractivity contribution < 1.29 is 14.1 Å². The van der Waals surface area contributed by atoms with E-state index in [1.165, 1.54) is 36.7 Å². The lowest BCUT2D eigenvalue weighted by molar-refractivity contribution is -0.114. The summed E-state index contributed by atoms with van der Waals surface area (Å²) in [5, 5.41) is 9.18. The van der Waals surface area contributed by atoms with Crippen LogP contribution in [0.3, 0.4) is 0 Å². The smallest absolute Gasteiger partial charge is 0.235 e. The van der Waals surface area contributed by atoms with Crippen LogP contribution >= 0.6 is 11.8 Å². The number of nitrogens with zero attached hydrogens (tertiary/aromatic N) is 2. The number of carbonyl (C=O) groups is 2. The summed E-state index contributed by atoms with van der Waals surface area (Å²) >= 11 is 1.25. The van der Waals surface area contributed by atoms with Crippen LogP contribution in [0.25, 0.3) is 0 Å². The molecule has 0 unspecified atom stereocenters. The van der Waals surface area contributed by atoms with E-state index in [1.54, 1.807) is 13.0 Å². The van der Waals surface area contributed by atoms with Crippen molar-refractivity contribution in [1.29, 1.82) is 0 Å². The molecule has 7 nitrogen and oxygen atoms in total. The van der Waals surface area contributed by atoms with E-state index in [0.717, 1.165) is 18.8 Å². The van der Waals surface area contributed by atoms with Crippen molar-refractivity contribution in [2.24, 2.45) is 0 Å². The lowest BCUT2D eigenvalue weighted by atomic mass is 10.1. The highest BCUT2D eigenvalue weighted by molar-refractivity contribution is 8.00. The third kappa shape index (κ3) is 6.02. The van der Waals surface area contributed by atoms with Gasteiger partial charge in [0.05, 0.1) is 11.5 Å². The van der Waals surface area contributed by atoms with E-state index in [-0.39, 0.29) is 23.3 Å². The molecule has 2 N–H and O–H groups in total. The van der Waals surface area contributed by atoms with E-state index >= 15 is 0 Å². The lowest BCUT2D eigenvalue weighted by Crippen LogP contribution is -2.29. The minimum atomic E-state index is -0.216. The number of anilines is 3. The van der Waals surface area contributed by atoms with E-state index in [0.29, 0.717) is 11.6 Å². The van der Waals surface area contributed by atoms with E-state index < -0.39 is 0 Å². The van der Waals surface area contributed by atoms with Crippen LogP contribution in [-0.4, -0.2) is 41.6 Å². The molecule has 0 atom stereocenters. The van der Waals surface area contributed by atoms with E-state index in [2.05, 4.69) is 20.7 Å². The molecule has 1 aromatic heterocycles. The molecule has 1 aliphatic rings. The topological polar surface area (TPSA) is 87.5 Å². The molecule has 0 bridgehead atoms. The second-order valence-corrected chi connectivity index (χ2v) is 7.49. The SMILES string of the molecule is Cc1cc(NC(=O)CSCC(=O)Nc2ccc(N3CCCCC3)cc2)no1. The van der Waals surface area contributed by atoms with Gasteiger partial charge in [0.25, 0.3) is 0 Å². The predicted octanol–water partition coefficient (Wildman–Crippen LogP) is 3.28. The minimum Gasteiger partial charge on any atom is -0.372 e. The van der Waals surface area contributed by atoms with Crippen LogP contribution in [0.5, 0.6) is 0 Å². The van der Waals surface area contributed by atoms with Crippen LogP contribution in [0.4, 0.5) is 17.2 Å². The average Bonchev–Trinajstić information content (AvgIpc) is 3.07. The van der Waals surface area contributed by atoms with Gasteiger partial charge in [-0.25, -0.2) is 0 Å². The zero-order valence-corrected chi connectivity index (χ0v) is 16.2. The van der Waals surface area contributed by atoms with Crippen molar-refractivity contribution in [2.45, 2.75) is 26.2 Å². The fourth-order valence-corrected chi connectivity index (χ4v) is 3.56. The number of rotatable bonds is 7. The molecule has 2 heterocycles. The number of carbonyl (C=O) groups excluding carboxylic acids is 2. The van der Waals surface area contributed by atoms with Crippen LogP contribution in [0.15, 0.2) is 34.9 Å². The molecule has 2 amide bonds. The van der Waals surface area contributed by atoms with Gasteiger partial charge in [-0.05, 0) is 50.5 Å². The standard InChI is InChI=1S/C19H24N4O3S/c1-14-11-17(22-26-14)21-19(25)13-27-12-18(24)20-15-5-7-16(8-6-15)23-9-3-2-4-10-23/h5-8,11H,2-4,9-10,12-13H2,1H3,(H,20,24)(H,21,22,25). The minimum absolute atomic E-state index is 0.129. The Morgan fingerprint density at radius 3 is 2.37 bits per heavy atom. The van der Waals surface area contributed by atoms with Gasteiger partial charge in [0.15, 0.2) is 5.82 Å². The number of amides is 2. The first-order chi connectivity index (χ1) is 13.1. The Labute approximate surface area is 162 Å². The normalized spacial score (nSPS) is 14.0. The van der Waals surface area contributed by atoms with E-state index in [1.807, 2.05) is 24.3 Å². The number of hydrogen-bond acceptors (Lipinski definition) is 6. The first-order valence-corrected chi connectivity index (χ1v) is 10.2. The molecule has 0 saturated carbocycles. The molecule has 0 aliphatic carbocycles. The number of piperidine rings is 1. The molecule has 144 valence electrons. The van der Waals surface area contributed by atoms with Crippen molar-refractivity contribution in [3.8, 4) is 0 Å². The summed E-state index contributed by atoms with van der Waals surface area (Å²) in [6.45, 7) is 3.94. The van der Waals surface area contributed by atoms with Gasteiger partial charge in [-0.3, -0.25) is 9.59 Å². The number of hydrogen-bond donors (Lipinski definition) is 2. The number of nitrogens with one attached hydrogen (secondary N) is 2. The maximum atomic E-state index is 12.0. The van der Waals surface area contributed by atoms with Gasteiger partial charge in [0.2, 0.25) is 11.8 Å². The summed E-state index contributed by atoms with van der Waals surface area (Å²) in [4.78, 5) is 26.2. The fraction of sp³-hybridized carbons (Fsp3) is 0.421. The molecular formula is C19H24N4O3S. The first-order valence-electron chi connectivity index (χ1n) is 9.06. The van der Waals surface area contributed by atoms with Crippen molar-refractivity contribution in [3.63, 3.8) is 0 Å². The van der Waals surface area contributed by atoms with Gasteiger partial charge in [-0.1, -0.05) is 5.16 Å². The van der Waals surface area contributed by atoms with Crippen molar-refractivity contribution in [3.05, 3.63) is 36.1 Å². The van der Waals surface area contributed by atoms with Crippen LogP contribution in [-0.2, 0) is 9.59 Å². The Morgan fingerprint density at radius 2 is 1.74 bits per heavy atom. The third-order valence-electron chi connectivity index (χ3n) is 4.23. The van der Waals surface area contributed by atoms with Crippen LogP contribution in [0.2, 0.25) is 0 Å². The average molecular weight is 388 g/mol. The summed E-state index contributed by atoms with van der Waals surface area (Å²) in [6.07, 6.45) is 3.78. The Hall–Kier alpha value is -2.48. The van der Waals surface area contributed by atoms with Gasteiger partial charge in [0, 0.05) is 30.5 Å². The number of thioether (sulfide) groups is 1. The van der Waals surface area contributed by atoms with Crippen molar-refractivity contribution in [1.82, 2.24) is 5.16 Å². The van der Waals surface area contributed by atoms with Crippen molar-refractivity contribution >= 4 is 40.8 Å². The maximum absolute atomic E-state index is 12.0. The number of aryl methyl sites for hydroxylation is 1. The molecule has 0 radical (unpaired) electrons. The van der Waals surface area contributed by atoms with Crippen LogP contribution in [0.1, 0.15) is 25.0 Å². The molecule has 0 spiro atoms. The Bertz CT molecular complexity index is 770. The zero-order valence-electron chi connectivity index (χ0n) is 15.4. The Morgan fingerprint density at radius 1 is 1.07 bits per heavy atom. The van der Waals surface area contributed by atoms with Gasteiger partial charge in [0.1, 0.15) is 5.76 Å². The lowest BCUT2D eigenvalue weighted by Gasteiger charge is -2.28. The quantitative estimate of drug-likeness (QED) is 0.757. The molecule has 27 heavy (non-hydrogen) atoms. The molecule has 1 fully saturated rings. The number of benzene rings is 1. The highest BCUT2D eigenvalue weighted by Crippen LogP contribution is 2.22. The maximum Gasteiger partial charge on any atom is 0.235 e. The largest absolute Gasteiger partial charge is 0.372 e. The van der Waals surface area contributed by atoms with E-state index in [9.17, 15) is 9.59 Å². The third-order valence-corrected chi connectivity index (χ3v) is 5.17. The Balaban J connectivity index is 1.38. The molecule has 1 aliphatic heterocycles. The molecule has 1 saturated heterocycles. The van der Waals surface area contributed by atoms with Gasteiger partial charge in [-0.2, -0.15) is 0 Å². The Kier molecular flexibility index (Phi) is 6.75. The molecule has 1 aromatic carbocycles. The summed E-state index contributed by atoms with van der Waals surface area (Å²) in [6, 6.07) is 9.57. The summed E-state index contributed by atoms with van der Waals surface area (Å²) in [5.41, 5.74) is 1.96. The van der Waals surface area contributed by atoms with E-state index in [4.69, 9.17) is 4.52 Å². The monoisotopic (exact) mass is 388 g/mol. The van der Waals surface area contributed by atoms with Gasteiger partial charge < -0.3 is 20.1 Å². The molecular weight excluding hydrogens is 364 g/mol. The summed E-state index contributed by atoms with van der Waals surface area (Å²) in [7, 11) is 0. The number of aromatic nitrogens is 1. The second kappa shape index (κ2) is 9.45. The molecule has 3 rings (SSSR count). The highest BCUT2D eigenvalue weighted by Gasteiger charge is 2.11. The summed E-state index contributed by atoms with van der Waals surface area (Å²) < 4.78 is 4.88. The van der Waals surface area contributed by atoms with Gasteiger partial charge >= 0.3 is 0 Å². The summed E-state index contributed by atoms with van der Waals surface area (Å²) in [5.74, 6) is 1.05. The fourth-order valence-electron chi connectivity index (χ4n) is 2.95. The molecule has 2 aromatic rings. The van der Waals surface area contributed by atoms with Gasteiger partial charge in [-0.15, -0.1) is 11.8 Å². The van der Waals surface area contributed by atoms with Crippen molar-refractivity contribution in [2.75, 3.05) is 40.1 Å². The highest BCUT2D eigenvalue weighted by atomic mass is 32.2. The predicted molar refractivity (Wildman–Crippen MR) is 108 cm³/mol. The van der Waals surface area contributed by atoms with Crippen LogP contribution < -0.4 is 15.5 Å². The second-order valence-electron chi connectivity index (χ2n) is 6.51. The van der Waals surface area contributed by atoms with Crippen LogP contribution in [0, 0.1) is 6.92 Å². The molecule has 8 heteroatoms. The zero-order chi connectivity index (χ0) is 19.1. The first kappa shape index (κ1) is 19.3.